The molecule has 0 spiro atoms. The lowest BCUT2D eigenvalue weighted by atomic mass is 10.1. The lowest BCUT2D eigenvalue weighted by Gasteiger charge is -2.35. The molecule has 2 N–H and O–H groups in total. The van der Waals surface area contributed by atoms with Crippen LogP contribution in [0.2, 0.25) is 0 Å². The number of carbonyl (C=O) groups excluding carboxylic acids is 1. The summed E-state index contributed by atoms with van der Waals surface area (Å²) in [4.78, 5) is 36.7. The Morgan fingerprint density at radius 3 is 2.62 bits per heavy atom. The highest BCUT2D eigenvalue weighted by Crippen LogP contribution is 2.27. The van der Waals surface area contributed by atoms with Crippen LogP contribution >= 0.6 is 0 Å². The minimum absolute atomic E-state index is 0.293. The lowest BCUT2D eigenvalue weighted by molar-refractivity contribution is -0.162. The average molecular weight is 551 g/mol. The van der Waals surface area contributed by atoms with E-state index in [1.54, 1.807) is 12.5 Å². The molecule has 1 aliphatic heterocycles. The SMILES string of the molecule is O=C(CC(F)(F)F)N1CCN(Cc2ccnc(Cc3nc4ccc(-c5cc(NC6CC6)ncn5)cc4[nH]3)c2)CC1. The van der Waals surface area contributed by atoms with Gasteiger partial charge in [-0.15, -0.1) is 0 Å². The molecule has 2 fully saturated rings. The monoisotopic (exact) mass is 550 g/mol. The van der Waals surface area contributed by atoms with Gasteiger partial charge in [-0.3, -0.25) is 14.7 Å². The highest BCUT2D eigenvalue weighted by molar-refractivity contribution is 5.81. The molecule has 1 amide bonds. The minimum atomic E-state index is -4.47. The predicted octanol–water partition coefficient (Wildman–Crippen LogP) is 4.18. The molecule has 1 saturated carbocycles. The Morgan fingerprint density at radius 1 is 1.02 bits per heavy atom. The summed E-state index contributed by atoms with van der Waals surface area (Å²) >= 11 is 0. The lowest BCUT2D eigenvalue weighted by Crippen LogP contribution is -2.49. The number of benzene rings is 1. The fourth-order valence-corrected chi connectivity index (χ4v) is 4.93. The number of fused-ring (bicyclic) bond motifs is 1. The van der Waals surface area contributed by atoms with Crippen molar-refractivity contribution >= 4 is 22.8 Å². The first-order valence-corrected chi connectivity index (χ1v) is 13.4. The molecule has 0 bridgehead atoms. The normalized spacial score (nSPS) is 16.4. The maximum Gasteiger partial charge on any atom is 0.397 e. The molecule has 2 aliphatic rings. The smallest absolute Gasteiger partial charge is 0.367 e. The Hall–Kier alpha value is -4.06. The van der Waals surface area contributed by atoms with Crippen LogP contribution in [-0.4, -0.2) is 79.0 Å². The second kappa shape index (κ2) is 10.8. The summed E-state index contributed by atoms with van der Waals surface area (Å²) in [5.41, 5.74) is 5.51. The number of hydrogen-bond acceptors (Lipinski definition) is 7. The highest BCUT2D eigenvalue weighted by atomic mass is 19.4. The van der Waals surface area contributed by atoms with Crippen LogP contribution in [0.1, 0.15) is 36.3 Å². The molecule has 1 aromatic carbocycles. The molecular weight excluding hydrogens is 521 g/mol. The first-order chi connectivity index (χ1) is 19.3. The van der Waals surface area contributed by atoms with Crippen LogP contribution in [0.5, 0.6) is 0 Å². The zero-order valence-corrected chi connectivity index (χ0v) is 21.8. The molecular formula is C28H29F3N8O. The van der Waals surface area contributed by atoms with E-state index >= 15 is 0 Å². The molecule has 4 aromatic rings. The van der Waals surface area contributed by atoms with E-state index in [-0.39, 0.29) is 0 Å². The van der Waals surface area contributed by atoms with E-state index in [0.717, 1.165) is 45.2 Å². The molecule has 0 atom stereocenters. The predicted molar refractivity (Wildman–Crippen MR) is 143 cm³/mol. The van der Waals surface area contributed by atoms with E-state index in [2.05, 4.69) is 30.2 Å². The van der Waals surface area contributed by atoms with E-state index in [9.17, 15) is 18.0 Å². The van der Waals surface area contributed by atoms with E-state index in [1.165, 1.54) is 17.7 Å². The van der Waals surface area contributed by atoms with Gasteiger partial charge in [0.25, 0.3) is 0 Å². The van der Waals surface area contributed by atoms with Gasteiger partial charge in [-0.25, -0.2) is 15.0 Å². The van der Waals surface area contributed by atoms with E-state index < -0.39 is 18.5 Å². The number of nitrogens with zero attached hydrogens (tertiary/aromatic N) is 6. The third-order valence-corrected chi connectivity index (χ3v) is 7.14. The molecule has 3 aromatic heterocycles. The highest BCUT2D eigenvalue weighted by Gasteiger charge is 2.34. The Kier molecular flexibility index (Phi) is 7.09. The van der Waals surface area contributed by atoms with Crippen LogP contribution in [-0.2, 0) is 17.8 Å². The Balaban J connectivity index is 1.08. The second-order valence-electron chi connectivity index (χ2n) is 10.4. The van der Waals surface area contributed by atoms with Crippen molar-refractivity contribution in [3.63, 3.8) is 0 Å². The van der Waals surface area contributed by atoms with Crippen LogP contribution in [0.3, 0.4) is 0 Å². The maximum atomic E-state index is 12.5. The Morgan fingerprint density at radius 2 is 1.85 bits per heavy atom. The van der Waals surface area contributed by atoms with E-state index in [0.29, 0.717) is 45.2 Å². The van der Waals surface area contributed by atoms with Gasteiger partial charge in [0.1, 0.15) is 24.4 Å². The number of amides is 1. The van der Waals surface area contributed by atoms with Gasteiger partial charge in [-0.05, 0) is 42.7 Å². The Bertz CT molecular complexity index is 1510. The van der Waals surface area contributed by atoms with Gasteiger partial charge in [-0.2, -0.15) is 13.2 Å². The average Bonchev–Trinajstić information content (AvgIpc) is 3.64. The third kappa shape index (κ3) is 6.56. The van der Waals surface area contributed by atoms with Crippen molar-refractivity contribution in [2.45, 2.75) is 44.4 Å². The van der Waals surface area contributed by atoms with Crippen molar-refractivity contribution in [3.8, 4) is 11.3 Å². The number of alkyl halides is 3. The zero-order valence-electron chi connectivity index (χ0n) is 21.8. The standard InChI is InChI=1S/C28H29F3N8O/c29-28(30,31)15-27(40)39-9-7-38(8-10-39)16-18-5-6-32-21(11-18)13-26-36-22-4-1-19(12-24(22)37-26)23-14-25(34-17-33-23)35-20-2-3-20/h1,4-6,11-12,14,17,20H,2-3,7-10,13,15-16H2,(H,36,37)(H,33,34,35). The van der Waals surface area contributed by atoms with Crippen molar-refractivity contribution in [1.29, 1.82) is 0 Å². The van der Waals surface area contributed by atoms with Gasteiger partial charge in [-0.1, -0.05) is 6.07 Å². The number of hydrogen-bond donors (Lipinski definition) is 2. The summed E-state index contributed by atoms with van der Waals surface area (Å²) in [7, 11) is 0. The first kappa shape index (κ1) is 26.2. The van der Waals surface area contributed by atoms with Gasteiger partial charge in [0.05, 0.1) is 16.7 Å². The topological polar surface area (TPSA) is 103 Å². The Labute approximate surface area is 228 Å². The van der Waals surface area contributed by atoms with Crippen LogP contribution in [0.4, 0.5) is 19.0 Å². The number of aromatic nitrogens is 5. The van der Waals surface area contributed by atoms with Crippen LogP contribution < -0.4 is 5.32 Å². The molecule has 1 aliphatic carbocycles. The number of pyridine rings is 1. The van der Waals surface area contributed by atoms with Crippen molar-refractivity contribution in [2.75, 3.05) is 31.5 Å². The summed E-state index contributed by atoms with van der Waals surface area (Å²) in [5, 5.41) is 3.40. The van der Waals surface area contributed by atoms with Gasteiger partial charge in [0, 0.05) is 68.7 Å². The fraction of sp³-hybridized carbons (Fsp3) is 0.393. The largest absolute Gasteiger partial charge is 0.397 e. The second-order valence-corrected chi connectivity index (χ2v) is 10.4. The molecule has 6 rings (SSSR count). The molecule has 9 nitrogen and oxygen atoms in total. The fourth-order valence-electron chi connectivity index (χ4n) is 4.93. The summed E-state index contributed by atoms with van der Waals surface area (Å²) < 4.78 is 37.6. The number of anilines is 1. The number of carbonyl (C=O) groups is 1. The van der Waals surface area contributed by atoms with Crippen molar-refractivity contribution < 1.29 is 18.0 Å². The maximum absolute atomic E-state index is 12.5. The number of imidazole rings is 1. The van der Waals surface area contributed by atoms with Crippen molar-refractivity contribution in [1.82, 2.24) is 34.7 Å². The van der Waals surface area contributed by atoms with Gasteiger partial charge in [0.2, 0.25) is 5.91 Å². The van der Waals surface area contributed by atoms with E-state index in [1.807, 2.05) is 36.4 Å². The molecule has 1 saturated heterocycles. The van der Waals surface area contributed by atoms with Gasteiger partial charge >= 0.3 is 6.18 Å². The summed E-state index contributed by atoms with van der Waals surface area (Å²) in [6, 6.07) is 12.5. The molecule has 40 heavy (non-hydrogen) atoms. The minimum Gasteiger partial charge on any atom is -0.367 e. The summed E-state index contributed by atoms with van der Waals surface area (Å²) in [5.74, 6) is 0.775. The van der Waals surface area contributed by atoms with Crippen LogP contribution in [0.25, 0.3) is 22.3 Å². The third-order valence-electron chi connectivity index (χ3n) is 7.14. The summed E-state index contributed by atoms with van der Waals surface area (Å²) in [6.45, 7) is 2.27. The zero-order chi connectivity index (χ0) is 27.7. The number of rotatable bonds is 8. The van der Waals surface area contributed by atoms with Crippen molar-refractivity contribution in [3.05, 3.63) is 66.0 Å². The molecule has 0 unspecified atom stereocenters. The number of nitrogens with one attached hydrogen (secondary N) is 2. The molecule has 4 heterocycles. The number of H-pyrrole nitrogens is 1. The van der Waals surface area contributed by atoms with Crippen LogP contribution in [0, 0.1) is 0 Å². The summed E-state index contributed by atoms with van der Waals surface area (Å²) in [6.07, 6.45) is 0.341. The van der Waals surface area contributed by atoms with Gasteiger partial charge in [0.15, 0.2) is 0 Å². The number of aromatic amines is 1. The van der Waals surface area contributed by atoms with Gasteiger partial charge < -0.3 is 15.2 Å². The first-order valence-electron chi connectivity index (χ1n) is 13.4. The van der Waals surface area contributed by atoms with Crippen molar-refractivity contribution in [2.24, 2.45) is 0 Å². The van der Waals surface area contributed by atoms with Crippen LogP contribution in [0.15, 0.2) is 48.9 Å². The quantitative estimate of drug-likeness (QED) is 0.339. The molecule has 12 heteroatoms. The van der Waals surface area contributed by atoms with E-state index in [4.69, 9.17) is 4.98 Å². The molecule has 0 radical (unpaired) electrons. The molecule has 208 valence electrons. The number of halogens is 3. The number of piperazine rings is 1.